The Balaban J connectivity index is 2.15. The second kappa shape index (κ2) is 5.63. The number of anilines is 1. The van der Waals surface area contributed by atoms with Gasteiger partial charge in [0.2, 0.25) is 0 Å². The van der Waals surface area contributed by atoms with E-state index >= 15 is 0 Å². The highest BCUT2D eigenvalue weighted by Gasteiger charge is 2.25. The molecule has 0 aliphatic heterocycles. The van der Waals surface area contributed by atoms with Crippen molar-refractivity contribution in [1.82, 2.24) is 4.98 Å². The molecule has 0 spiro atoms. The SMILES string of the molecule is CC(C)CN(c1ncc(C=O)s1)C1CCCC1. The predicted octanol–water partition coefficient (Wildman–Crippen LogP) is 3.36. The lowest BCUT2D eigenvalue weighted by molar-refractivity contribution is 0.112. The second-order valence-electron chi connectivity index (χ2n) is 5.15. The van der Waals surface area contributed by atoms with Gasteiger partial charge in [0.25, 0.3) is 0 Å². The van der Waals surface area contributed by atoms with Crippen LogP contribution in [0.2, 0.25) is 0 Å². The van der Waals surface area contributed by atoms with E-state index in [-0.39, 0.29) is 0 Å². The molecule has 0 bridgehead atoms. The maximum Gasteiger partial charge on any atom is 0.186 e. The smallest absolute Gasteiger partial charge is 0.186 e. The first-order chi connectivity index (χ1) is 8.20. The minimum Gasteiger partial charge on any atom is -0.345 e. The number of aromatic nitrogens is 1. The highest BCUT2D eigenvalue weighted by Crippen LogP contribution is 2.31. The Morgan fingerprint density at radius 1 is 1.53 bits per heavy atom. The Hall–Kier alpha value is -0.900. The highest BCUT2D eigenvalue weighted by atomic mass is 32.1. The molecule has 0 radical (unpaired) electrons. The summed E-state index contributed by atoms with van der Waals surface area (Å²) in [6.45, 7) is 5.50. The van der Waals surface area contributed by atoms with Gasteiger partial charge in [-0.3, -0.25) is 4.79 Å². The number of aldehydes is 1. The average Bonchev–Trinajstić information content (AvgIpc) is 2.97. The largest absolute Gasteiger partial charge is 0.345 e. The van der Waals surface area contributed by atoms with Gasteiger partial charge < -0.3 is 4.90 Å². The second-order valence-corrected chi connectivity index (χ2v) is 6.19. The molecule has 1 aromatic rings. The molecule has 1 saturated carbocycles. The van der Waals surface area contributed by atoms with E-state index in [2.05, 4.69) is 23.7 Å². The first kappa shape index (κ1) is 12.6. The lowest BCUT2D eigenvalue weighted by atomic mass is 10.1. The molecule has 1 fully saturated rings. The summed E-state index contributed by atoms with van der Waals surface area (Å²) in [6, 6.07) is 0.628. The van der Waals surface area contributed by atoms with E-state index in [9.17, 15) is 4.79 Å². The van der Waals surface area contributed by atoms with Gasteiger partial charge in [-0.2, -0.15) is 0 Å². The molecule has 3 nitrogen and oxygen atoms in total. The number of hydrogen-bond acceptors (Lipinski definition) is 4. The Morgan fingerprint density at radius 3 is 2.76 bits per heavy atom. The molecule has 1 aromatic heterocycles. The van der Waals surface area contributed by atoms with Crippen LogP contribution < -0.4 is 4.90 Å². The molecule has 0 aromatic carbocycles. The van der Waals surface area contributed by atoms with Crippen LogP contribution in [0.4, 0.5) is 5.13 Å². The first-order valence-electron chi connectivity index (χ1n) is 6.38. The van der Waals surface area contributed by atoms with E-state index in [1.807, 2.05) is 0 Å². The average molecular weight is 252 g/mol. The van der Waals surface area contributed by atoms with Crippen LogP contribution in [-0.2, 0) is 0 Å². The molecule has 1 aliphatic carbocycles. The van der Waals surface area contributed by atoms with Gasteiger partial charge in [0.05, 0.1) is 11.1 Å². The Labute approximate surface area is 107 Å². The Morgan fingerprint density at radius 2 is 2.24 bits per heavy atom. The van der Waals surface area contributed by atoms with Gasteiger partial charge in [-0.25, -0.2) is 4.98 Å². The standard InChI is InChI=1S/C13H20N2OS/c1-10(2)8-15(11-5-3-4-6-11)13-14-7-12(9-16)17-13/h7,9-11H,3-6,8H2,1-2H3. The maximum atomic E-state index is 10.7. The minimum absolute atomic E-state index is 0.624. The van der Waals surface area contributed by atoms with Gasteiger partial charge in [0.15, 0.2) is 11.4 Å². The predicted molar refractivity (Wildman–Crippen MR) is 71.9 cm³/mol. The quantitative estimate of drug-likeness (QED) is 0.753. The van der Waals surface area contributed by atoms with Crippen LogP contribution >= 0.6 is 11.3 Å². The summed E-state index contributed by atoms with van der Waals surface area (Å²) >= 11 is 1.52. The maximum absolute atomic E-state index is 10.7. The molecule has 17 heavy (non-hydrogen) atoms. The molecular formula is C13H20N2OS. The molecule has 0 atom stereocenters. The molecule has 1 aliphatic rings. The molecule has 0 saturated heterocycles. The summed E-state index contributed by atoms with van der Waals surface area (Å²) in [5, 5.41) is 1.02. The normalized spacial score (nSPS) is 16.6. The topological polar surface area (TPSA) is 33.2 Å². The fourth-order valence-electron chi connectivity index (χ4n) is 2.46. The van der Waals surface area contributed by atoms with E-state index in [0.717, 1.165) is 22.8 Å². The molecule has 0 amide bonds. The number of carbonyl (C=O) groups is 1. The Bertz CT molecular complexity index is 369. The van der Waals surface area contributed by atoms with E-state index < -0.39 is 0 Å². The van der Waals surface area contributed by atoms with Crippen molar-refractivity contribution in [1.29, 1.82) is 0 Å². The third kappa shape index (κ3) is 3.06. The van der Waals surface area contributed by atoms with Crippen molar-refractivity contribution in [3.63, 3.8) is 0 Å². The van der Waals surface area contributed by atoms with Crippen LogP contribution in [0.5, 0.6) is 0 Å². The van der Waals surface area contributed by atoms with Crippen molar-refractivity contribution in [2.24, 2.45) is 5.92 Å². The number of thiazole rings is 1. The summed E-state index contributed by atoms with van der Waals surface area (Å²) < 4.78 is 0. The number of carbonyl (C=O) groups excluding carboxylic acids is 1. The fraction of sp³-hybridized carbons (Fsp3) is 0.692. The molecule has 4 heteroatoms. The third-order valence-electron chi connectivity index (χ3n) is 3.20. The molecule has 94 valence electrons. The number of rotatable bonds is 5. The lowest BCUT2D eigenvalue weighted by Crippen LogP contribution is -2.36. The summed E-state index contributed by atoms with van der Waals surface area (Å²) in [4.78, 5) is 18.3. The summed E-state index contributed by atoms with van der Waals surface area (Å²) in [5.41, 5.74) is 0. The summed E-state index contributed by atoms with van der Waals surface area (Å²) in [5.74, 6) is 0.624. The first-order valence-corrected chi connectivity index (χ1v) is 7.20. The van der Waals surface area contributed by atoms with Gasteiger partial charge in [-0.1, -0.05) is 38.0 Å². The van der Waals surface area contributed by atoms with Crippen molar-refractivity contribution < 1.29 is 4.79 Å². The number of nitrogens with zero attached hydrogens (tertiary/aromatic N) is 2. The highest BCUT2D eigenvalue weighted by molar-refractivity contribution is 7.17. The van der Waals surface area contributed by atoms with E-state index in [1.165, 1.54) is 37.0 Å². The van der Waals surface area contributed by atoms with Gasteiger partial charge in [-0.05, 0) is 18.8 Å². The summed E-state index contributed by atoms with van der Waals surface area (Å²) in [7, 11) is 0. The van der Waals surface area contributed by atoms with E-state index in [1.54, 1.807) is 6.20 Å². The van der Waals surface area contributed by atoms with E-state index in [0.29, 0.717) is 12.0 Å². The van der Waals surface area contributed by atoms with Crippen LogP contribution in [0.15, 0.2) is 6.20 Å². The van der Waals surface area contributed by atoms with Crippen molar-refractivity contribution >= 4 is 22.8 Å². The zero-order chi connectivity index (χ0) is 12.3. The molecular weight excluding hydrogens is 232 g/mol. The fourth-order valence-corrected chi connectivity index (χ4v) is 3.27. The zero-order valence-electron chi connectivity index (χ0n) is 10.6. The zero-order valence-corrected chi connectivity index (χ0v) is 11.4. The Kier molecular flexibility index (Phi) is 4.15. The van der Waals surface area contributed by atoms with Crippen LogP contribution in [0.3, 0.4) is 0 Å². The third-order valence-corrected chi connectivity index (χ3v) is 4.16. The van der Waals surface area contributed by atoms with Gasteiger partial charge in [-0.15, -0.1) is 0 Å². The molecule has 0 unspecified atom stereocenters. The molecule has 1 heterocycles. The van der Waals surface area contributed by atoms with Gasteiger partial charge in [0, 0.05) is 12.6 Å². The van der Waals surface area contributed by atoms with Crippen molar-refractivity contribution in [2.45, 2.75) is 45.6 Å². The van der Waals surface area contributed by atoms with Gasteiger partial charge >= 0.3 is 0 Å². The number of hydrogen-bond donors (Lipinski definition) is 0. The minimum atomic E-state index is 0.624. The lowest BCUT2D eigenvalue weighted by Gasteiger charge is -2.30. The summed E-state index contributed by atoms with van der Waals surface area (Å²) in [6.07, 6.45) is 7.76. The van der Waals surface area contributed by atoms with E-state index in [4.69, 9.17) is 0 Å². The van der Waals surface area contributed by atoms with Crippen LogP contribution in [0.1, 0.15) is 49.2 Å². The van der Waals surface area contributed by atoms with Crippen LogP contribution in [-0.4, -0.2) is 23.9 Å². The van der Waals surface area contributed by atoms with Crippen molar-refractivity contribution in [3.05, 3.63) is 11.1 Å². The van der Waals surface area contributed by atoms with Crippen molar-refractivity contribution in [3.8, 4) is 0 Å². The van der Waals surface area contributed by atoms with Gasteiger partial charge in [0.1, 0.15) is 0 Å². The molecule has 2 rings (SSSR count). The van der Waals surface area contributed by atoms with Crippen molar-refractivity contribution in [2.75, 3.05) is 11.4 Å². The monoisotopic (exact) mass is 252 g/mol. The molecule has 0 N–H and O–H groups in total. The van der Waals surface area contributed by atoms with Crippen LogP contribution in [0.25, 0.3) is 0 Å². The van der Waals surface area contributed by atoms with Crippen LogP contribution in [0, 0.1) is 5.92 Å².